The molecule has 0 unspecified atom stereocenters. The second-order valence-corrected chi connectivity index (χ2v) is 3.65. The molecule has 2 heterocycles. The van der Waals surface area contributed by atoms with E-state index in [2.05, 4.69) is 30.9 Å². The van der Waals surface area contributed by atoms with Crippen LogP contribution in [0.4, 0.5) is 5.82 Å². The van der Waals surface area contributed by atoms with Gasteiger partial charge in [0.15, 0.2) is 11.5 Å². The quantitative estimate of drug-likeness (QED) is 0.579. The third kappa shape index (κ3) is 2.10. The molecule has 0 aliphatic rings. The number of H-pyrrole nitrogens is 2. The Morgan fingerprint density at radius 2 is 2.12 bits per heavy atom. The zero-order valence-corrected chi connectivity index (χ0v) is 9.53. The number of nitrogens with one attached hydrogen (secondary N) is 3. The van der Waals surface area contributed by atoms with Crippen LogP contribution in [0.2, 0.25) is 0 Å². The fraction of sp³-hybridized carbons (Fsp3) is 0.333. The lowest BCUT2D eigenvalue weighted by atomic mass is 10.2. The molecule has 0 aliphatic heterocycles. The normalized spacial score (nSPS) is 10.5. The Labute approximate surface area is 97.0 Å². The van der Waals surface area contributed by atoms with Crippen molar-refractivity contribution in [1.82, 2.24) is 30.9 Å². The first kappa shape index (κ1) is 11.1. The van der Waals surface area contributed by atoms with Crippen LogP contribution in [0.25, 0.3) is 0 Å². The number of hydrogen-bond donors (Lipinski definition) is 4. The van der Waals surface area contributed by atoms with E-state index in [4.69, 9.17) is 5.73 Å². The maximum atomic E-state index is 11.7. The first-order valence-corrected chi connectivity index (χ1v) is 5.04. The number of anilines is 1. The van der Waals surface area contributed by atoms with Crippen LogP contribution in [0.15, 0.2) is 0 Å². The van der Waals surface area contributed by atoms with E-state index >= 15 is 0 Å². The highest BCUT2D eigenvalue weighted by Gasteiger charge is 2.15. The summed E-state index contributed by atoms with van der Waals surface area (Å²) < 4.78 is 0. The summed E-state index contributed by atoms with van der Waals surface area (Å²) in [6, 6.07) is 0. The summed E-state index contributed by atoms with van der Waals surface area (Å²) in [7, 11) is 0. The molecule has 0 fully saturated rings. The summed E-state index contributed by atoms with van der Waals surface area (Å²) >= 11 is 0. The number of carbonyl (C=O) groups is 1. The summed E-state index contributed by atoms with van der Waals surface area (Å²) in [5.41, 5.74) is 8.31. The van der Waals surface area contributed by atoms with Gasteiger partial charge in [0.2, 0.25) is 0 Å². The smallest absolute Gasteiger partial charge is 0.275 e. The second-order valence-electron chi connectivity index (χ2n) is 3.65. The van der Waals surface area contributed by atoms with Crippen molar-refractivity contribution in [2.75, 3.05) is 5.73 Å². The molecule has 0 atom stereocenters. The van der Waals surface area contributed by atoms with Crippen LogP contribution in [-0.2, 0) is 6.54 Å². The summed E-state index contributed by atoms with van der Waals surface area (Å²) in [6.07, 6.45) is 0. The van der Waals surface area contributed by atoms with Crippen molar-refractivity contribution in [1.29, 1.82) is 0 Å². The van der Waals surface area contributed by atoms with Crippen LogP contribution in [-0.4, -0.2) is 31.5 Å². The molecule has 8 nitrogen and oxygen atoms in total. The fourth-order valence-electron chi connectivity index (χ4n) is 1.49. The van der Waals surface area contributed by atoms with E-state index in [0.29, 0.717) is 6.54 Å². The highest BCUT2D eigenvalue weighted by molar-refractivity contribution is 5.96. The molecule has 2 aromatic heterocycles. The van der Waals surface area contributed by atoms with Gasteiger partial charge in [-0.25, -0.2) is 0 Å². The van der Waals surface area contributed by atoms with Crippen LogP contribution in [0.3, 0.4) is 0 Å². The number of aromatic amines is 2. The third-order valence-corrected chi connectivity index (χ3v) is 2.50. The lowest BCUT2D eigenvalue weighted by Crippen LogP contribution is -2.24. The average molecular weight is 235 g/mol. The van der Waals surface area contributed by atoms with E-state index in [0.717, 1.165) is 17.0 Å². The molecule has 5 N–H and O–H groups in total. The van der Waals surface area contributed by atoms with Gasteiger partial charge in [-0.15, -0.1) is 10.2 Å². The van der Waals surface area contributed by atoms with E-state index in [1.165, 1.54) is 0 Å². The molecule has 17 heavy (non-hydrogen) atoms. The van der Waals surface area contributed by atoms with Gasteiger partial charge in [0.05, 0.1) is 5.69 Å². The first-order valence-electron chi connectivity index (χ1n) is 5.04. The van der Waals surface area contributed by atoms with Crippen molar-refractivity contribution < 1.29 is 4.79 Å². The van der Waals surface area contributed by atoms with Crippen molar-refractivity contribution in [2.45, 2.75) is 20.4 Å². The van der Waals surface area contributed by atoms with Crippen LogP contribution in [0.1, 0.15) is 27.4 Å². The van der Waals surface area contributed by atoms with Crippen molar-refractivity contribution in [2.24, 2.45) is 0 Å². The van der Waals surface area contributed by atoms with E-state index in [1.54, 1.807) is 0 Å². The van der Waals surface area contributed by atoms with Crippen LogP contribution >= 0.6 is 0 Å². The molecule has 2 rings (SSSR count). The Morgan fingerprint density at radius 3 is 2.65 bits per heavy atom. The Hall–Kier alpha value is -2.38. The van der Waals surface area contributed by atoms with Gasteiger partial charge in [-0.3, -0.25) is 9.89 Å². The minimum Gasteiger partial charge on any atom is -0.380 e. The summed E-state index contributed by atoms with van der Waals surface area (Å²) in [6.45, 7) is 4.14. The molecule has 0 saturated heterocycles. The molecule has 2 aromatic rings. The van der Waals surface area contributed by atoms with Crippen LogP contribution in [0.5, 0.6) is 0 Å². The number of amides is 1. The number of nitrogen functional groups attached to an aromatic ring is 1. The van der Waals surface area contributed by atoms with E-state index < -0.39 is 0 Å². The number of nitrogens with zero attached hydrogens (tertiary/aromatic N) is 3. The Balaban J connectivity index is 2.05. The van der Waals surface area contributed by atoms with Crippen LogP contribution < -0.4 is 11.1 Å². The molecule has 0 aromatic carbocycles. The number of nitrogens with two attached hydrogens (primary N) is 1. The molecule has 0 saturated carbocycles. The molecule has 0 bridgehead atoms. The Kier molecular flexibility index (Phi) is 2.77. The maximum absolute atomic E-state index is 11.7. The molecule has 1 amide bonds. The molecular weight excluding hydrogens is 222 g/mol. The monoisotopic (exact) mass is 235 g/mol. The van der Waals surface area contributed by atoms with Crippen molar-refractivity contribution >= 4 is 11.7 Å². The average Bonchev–Trinajstić information content (AvgIpc) is 2.84. The number of carbonyl (C=O) groups excluding carboxylic acids is 1. The fourth-order valence-corrected chi connectivity index (χ4v) is 1.49. The van der Waals surface area contributed by atoms with Crippen LogP contribution in [0, 0.1) is 13.8 Å². The van der Waals surface area contributed by atoms with E-state index in [9.17, 15) is 4.79 Å². The predicted molar refractivity (Wildman–Crippen MR) is 60.0 cm³/mol. The number of aromatic nitrogens is 5. The minimum atomic E-state index is -0.365. The Morgan fingerprint density at radius 1 is 1.35 bits per heavy atom. The minimum absolute atomic E-state index is 0.0862. The zero-order chi connectivity index (χ0) is 12.4. The third-order valence-electron chi connectivity index (χ3n) is 2.50. The molecule has 0 aliphatic carbocycles. The summed E-state index contributed by atoms with van der Waals surface area (Å²) in [5, 5.41) is 19.1. The van der Waals surface area contributed by atoms with E-state index in [-0.39, 0.29) is 17.4 Å². The lowest BCUT2D eigenvalue weighted by Gasteiger charge is -2.03. The standard InChI is InChI=1S/C9H13N7O/c1-4-6(5(2)13-12-4)3-11-9(17)7-8(10)15-16-14-7/h3H2,1-2H3,(H,11,17)(H,12,13)(H3,10,14,15,16). The summed E-state index contributed by atoms with van der Waals surface area (Å²) in [5.74, 6) is -0.278. The largest absolute Gasteiger partial charge is 0.380 e. The highest BCUT2D eigenvalue weighted by Crippen LogP contribution is 2.09. The molecule has 8 heteroatoms. The number of hydrogen-bond acceptors (Lipinski definition) is 5. The van der Waals surface area contributed by atoms with Gasteiger partial charge in [-0.05, 0) is 13.8 Å². The first-order chi connectivity index (χ1) is 8.09. The van der Waals surface area contributed by atoms with Crippen molar-refractivity contribution in [3.8, 4) is 0 Å². The molecule has 0 radical (unpaired) electrons. The van der Waals surface area contributed by atoms with E-state index in [1.807, 2.05) is 13.8 Å². The second kappa shape index (κ2) is 4.24. The van der Waals surface area contributed by atoms with Gasteiger partial charge in [-0.2, -0.15) is 10.3 Å². The molecular formula is C9H13N7O. The zero-order valence-electron chi connectivity index (χ0n) is 9.53. The Bertz CT molecular complexity index is 522. The van der Waals surface area contributed by atoms with Gasteiger partial charge in [-0.1, -0.05) is 0 Å². The topological polar surface area (TPSA) is 125 Å². The molecule has 90 valence electrons. The van der Waals surface area contributed by atoms with Gasteiger partial charge in [0.1, 0.15) is 0 Å². The predicted octanol–water partition coefficient (Wildman–Crippen LogP) is -0.343. The maximum Gasteiger partial charge on any atom is 0.275 e. The molecule has 0 spiro atoms. The van der Waals surface area contributed by atoms with Gasteiger partial charge >= 0.3 is 0 Å². The van der Waals surface area contributed by atoms with Gasteiger partial charge in [0.25, 0.3) is 5.91 Å². The van der Waals surface area contributed by atoms with Crippen molar-refractivity contribution in [3.05, 3.63) is 22.6 Å². The number of aryl methyl sites for hydroxylation is 2. The SMILES string of the molecule is Cc1n[nH]c(C)c1CNC(=O)c1n[nH]nc1N. The number of rotatable bonds is 3. The highest BCUT2D eigenvalue weighted by atomic mass is 16.2. The van der Waals surface area contributed by atoms with Crippen molar-refractivity contribution in [3.63, 3.8) is 0 Å². The van der Waals surface area contributed by atoms with Gasteiger partial charge < -0.3 is 11.1 Å². The van der Waals surface area contributed by atoms with Gasteiger partial charge in [0, 0.05) is 17.8 Å². The lowest BCUT2D eigenvalue weighted by molar-refractivity contribution is 0.0946. The summed E-state index contributed by atoms with van der Waals surface area (Å²) in [4.78, 5) is 11.7.